The van der Waals surface area contributed by atoms with E-state index in [1.807, 2.05) is 47.3 Å². The van der Waals surface area contributed by atoms with E-state index < -0.39 is 0 Å². The van der Waals surface area contributed by atoms with Crippen LogP contribution in [0.1, 0.15) is 0 Å². The molecule has 3 aromatic heterocycles. The van der Waals surface area contributed by atoms with Crippen molar-refractivity contribution in [3.05, 3.63) is 78.2 Å². The fraction of sp³-hybridized carbons (Fsp3) is 0.167. The van der Waals surface area contributed by atoms with Crippen LogP contribution in [0, 0.1) is 0 Å². The van der Waals surface area contributed by atoms with E-state index in [1.165, 1.54) is 0 Å². The normalized spacial score (nSPS) is 14.4. The SMILES string of the molecule is Clc1cccc(-n2ncc3c(N4CCN(c5ccc6ccccc6n5)CC4)ncnc32)c1. The van der Waals surface area contributed by atoms with Crippen molar-refractivity contribution in [1.82, 2.24) is 24.7 Å². The van der Waals surface area contributed by atoms with Crippen LogP contribution in [-0.2, 0) is 0 Å². The van der Waals surface area contributed by atoms with Crippen LogP contribution >= 0.6 is 11.6 Å². The summed E-state index contributed by atoms with van der Waals surface area (Å²) in [5.41, 5.74) is 2.68. The number of benzene rings is 2. The summed E-state index contributed by atoms with van der Waals surface area (Å²) in [4.78, 5) is 18.6. The van der Waals surface area contributed by atoms with Gasteiger partial charge in [-0.05, 0) is 36.4 Å². The number of anilines is 2. The van der Waals surface area contributed by atoms with Gasteiger partial charge < -0.3 is 9.80 Å². The number of aromatic nitrogens is 5. The average Bonchev–Trinajstić information content (AvgIpc) is 3.28. The van der Waals surface area contributed by atoms with Gasteiger partial charge in [-0.15, -0.1) is 0 Å². The smallest absolute Gasteiger partial charge is 0.168 e. The Bertz CT molecular complexity index is 1420. The van der Waals surface area contributed by atoms with E-state index >= 15 is 0 Å². The van der Waals surface area contributed by atoms with Crippen molar-refractivity contribution < 1.29 is 0 Å². The number of para-hydroxylation sites is 1. The van der Waals surface area contributed by atoms with E-state index in [4.69, 9.17) is 16.6 Å². The van der Waals surface area contributed by atoms with E-state index in [0.29, 0.717) is 5.02 Å². The summed E-state index contributed by atoms with van der Waals surface area (Å²) < 4.78 is 1.81. The molecule has 1 aliphatic rings. The molecule has 0 spiro atoms. The molecule has 1 saturated heterocycles. The summed E-state index contributed by atoms with van der Waals surface area (Å²) in [5.74, 6) is 1.93. The van der Waals surface area contributed by atoms with Gasteiger partial charge in [-0.1, -0.05) is 35.9 Å². The van der Waals surface area contributed by atoms with Gasteiger partial charge in [0.1, 0.15) is 18.0 Å². The Morgan fingerprint density at radius 1 is 0.812 bits per heavy atom. The van der Waals surface area contributed by atoms with Crippen LogP contribution in [0.5, 0.6) is 0 Å². The molecule has 7 nitrogen and oxygen atoms in total. The Kier molecular flexibility index (Phi) is 4.61. The second-order valence-electron chi connectivity index (χ2n) is 7.81. The highest BCUT2D eigenvalue weighted by molar-refractivity contribution is 6.30. The average molecular weight is 442 g/mol. The lowest BCUT2D eigenvalue weighted by atomic mass is 10.2. The first-order chi connectivity index (χ1) is 15.8. The van der Waals surface area contributed by atoms with Gasteiger partial charge in [-0.3, -0.25) is 0 Å². The summed E-state index contributed by atoms with van der Waals surface area (Å²) in [7, 11) is 0. The molecule has 5 aromatic rings. The van der Waals surface area contributed by atoms with Crippen LogP contribution in [0.25, 0.3) is 27.6 Å². The molecule has 2 aromatic carbocycles. The zero-order valence-electron chi connectivity index (χ0n) is 17.3. The molecule has 0 amide bonds. The van der Waals surface area contributed by atoms with Crippen molar-refractivity contribution in [2.45, 2.75) is 0 Å². The second-order valence-corrected chi connectivity index (χ2v) is 8.24. The summed E-state index contributed by atoms with van der Waals surface area (Å²) in [6.45, 7) is 3.45. The molecule has 1 fully saturated rings. The zero-order valence-corrected chi connectivity index (χ0v) is 18.0. The fourth-order valence-electron chi connectivity index (χ4n) is 4.26. The Morgan fingerprint density at radius 3 is 2.53 bits per heavy atom. The molecule has 0 unspecified atom stereocenters. The number of piperazine rings is 1. The lowest BCUT2D eigenvalue weighted by Gasteiger charge is -2.36. The molecule has 32 heavy (non-hydrogen) atoms. The van der Waals surface area contributed by atoms with Gasteiger partial charge in [0.15, 0.2) is 5.65 Å². The maximum atomic E-state index is 6.17. The molecule has 4 heterocycles. The van der Waals surface area contributed by atoms with Gasteiger partial charge in [-0.2, -0.15) is 5.10 Å². The molecule has 1 aliphatic heterocycles. The number of hydrogen-bond acceptors (Lipinski definition) is 6. The quantitative estimate of drug-likeness (QED) is 0.415. The van der Waals surface area contributed by atoms with Crippen molar-refractivity contribution in [3.63, 3.8) is 0 Å². The van der Waals surface area contributed by atoms with Crippen LogP contribution in [0.2, 0.25) is 5.02 Å². The molecule has 0 aliphatic carbocycles. The third-order valence-electron chi connectivity index (χ3n) is 5.88. The van der Waals surface area contributed by atoms with Crippen LogP contribution < -0.4 is 9.80 Å². The van der Waals surface area contributed by atoms with Crippen LogP contribution in [0.3, 0.4) is 0 Å². The summed E-state index contributed by atoms with van der Waals surface area (Å²) in [5, 5.41) is 7.32. The largest absolute Gasteiger partial charge is 0.353 e. The van der Waals surface area contributed by atoms with E-state index in [-0.39, 0.29) is 0 Å². The van der Waals surface area contributed by atoms with Crippen molar-refractivity contribution in [2.75, 3.05) is 36.0 Å². The predicted octanol–water partition coefficient (Wildman–Crippen LogP) is 4.34. The lowest BCUT2D eigenvalue weighted by molar-refractivity contribution is 0.644. The van der Waals surface area contributed by atoms with Gasteiger partial charge in [0.05, 0.1) is 22.8 Å². The third kappa shape index (κ3) is 3.31. The zero-order chi connectivity index (χ0) is 21.5. The first kappa shape index (κ1) is 19.0. The van der Waals surface area contributed by atoms with Crippen molar-refractivity contribution in [3.8, 4) is 5.69 Å². The summed E-state index contributed by atoms with van der Waals surface area (Å²) in [6, 6.07) is 20.1. The van der Waals surface area contributed by atoms with E-state index in [2.05, 4.69) is 49.1 Å². The number of nitrogens with zero attached hydrogens (tertiary/aromatic N) is 7. The first-order valence-corrected chi connectivity index (χ1v) is 10.9. The Labute approximate surface area is 189 Å². The Balaban J connectivity index is 1.26. The fourth-order valence-corrected chi connectivity index (χ4v) is 4.44. The number of fused-ring (bicyclic) bond motifs is 2. The summed E-state index contributed by atoms with van der Waals surface area (Å²) >= 11 is 6.17. The minimum absolute atomic E-state index is 0.666. The number of hydrogen-bond donors (Lipinski definition) is 0. The maximum absolute atomic E-state index is 6.17. The van der Waals surface area contributed by atoms with E-state index in [0.717, 1.165) is 65.4 Å². The molecule has 158 valence electrons. The topological polar surface area (TPSA) is 63.0 Å². The molecular weight excluding hydrogens is 422 g/mol. The van der Waals surface area contributed by atoms with Crippen LogP contribution in [-0.4, -0.2) is 50.9 Å². The minimum Gasteiger partial charge on any atom is -0.353 e. The first-order valence-electron chi connectivity index (χ1n) is 10.6. The van der Waals surface area contributed by atoms with Crippen molar-refractivity contribution in [1.29, 1.82) is 0 Å². The molecule has 0 atom stereocenters. The highest BCUT2D eigenvalue weighted by atomic mass is 35.5. The van der Waals surface area contributed by atoms with Gasteiger partial charge in [0.25, 0.3) is 0 Å². The van der Waals surface area contributed by atoms with Crippen molar-refractivity contribution >= 4 is 45.2 Å². The monoisotopic (exact) mass is 441 g/mol. The predicted molar refractivity (Wildman–Crippen MR) is 128 cm³/mol. The Morgan fingerprint density at radius 2 is 1.66 bits per heavy atom. The molecule has 0 saturated carbocycles. The standard InChI is InChI=1S/C24H20ClN7/c25-18-5-3-6-19(14-18)32-24-20(15-28-32)23(26-16-27-24)31-12-10-30(11-13-31)22-9-8-17-4-1-2-7-21(17)29-22/h1-9,14-16H,10-13H2. The second kappa shape index (κ2) is 7.76. The number of rotatable bonds is 3. The molecule has 8 heteroatoms. The van der Waals surface area contributed by atoms with E-state index in [9.17, 15) is 0 Å². The van der Waals surface area contributed by atoms with Crippen molar-refractivity contribution in [2.24, 2.45) is 0 Å². The maximum Gasteiger partial charge on any atom is 0.168 e. The summed E-state index contributed by atoms with van der Waals surface area (Å²) in [6.07, 6.45) is 3.44. The molecule has 0 bridgehead atoms. The molecule has 0 radical (unpaired) electrons. The Hall–Kier alpha value is -3.71. The highest BCUT2D eigenvalue weighted by Crippen LogP contribution is 2.27. The lowest BCUT2D eigenvalue weighted by Crippen LogP contribution is -2.47. The molecular formula is C24H20ClN7. The van der Waals surface area contributed by atoms with Crippen LogP contribution in [0.15, 0.2) is 73.2 Å². The minimum atomic E-state index is 0.666. The number of halogens is 1. The highest BCUT2D eigenvalue weighted by Gasteiger charge is 2.22. The van der Waals surface area contributed by atoms with Gasteiger partial charge in [0, 0.05) is 36.6 Å². The molecule has 6 rings (SSSR count). The molecule has 0 N–H and O–H groups in total. The van der Waals surface area contributed by atoms with Crippen LogP contribution in [0.4, 0.5) is 11.6 Å². The van der Waals surface area contributed by atoms with Gasteiger partial charge in [-0.25, -0.2) is 19.6 Å². The van der Waals surface area contributed by atoms with Gasteiger partial charge >= 0.3 is 0 Å². The third-order valence-corrected chi connectivity index (χ3v) is 6.12. The van der Waals surface area contributed by atoms with E-state index in [1.54, 1.807) is 6.33 Å². The number of pyridine rings is 1. The van der Waals surface area contributed by atoms with Gasteiger partial charge in [0.2, 0.25) is 0 Å².